The van der Waals surface area contributed by atoms with Gasteiger partial charge in [0.15, 0.2) is 0 Å². The smallest absolute Gasteiger partial charge is 0.247 e. The molecule has 3 N–H and O–H groups in total. The molecule has 1 aromatic heterocycles. The van der Waals surface area contributed by atoms with Crippen molar-refractivity contribution in [3.8, 4) is 0 Å². The Bertz CT molecular complexity index is 580. The first kappa shape index (κ1) is 14.7. The van der Waals surface area contributed by atoms with Gasteiger partial charge in [0.1, 0.15) is 10.7 Å². The van der Waals surface area contributed by atoms with Crippen molar-refractivity contribution in [1.29, 1.82) is 0 Å². The Hall–Kier alpha value is -1.24. The molecule has 3 rings (SSSR count). The van der Waals surface area contributed by atoms with Crippen LogP contribution in [0.2, 0.25) is 5.15 Å². The number of hydrogen-bond donors (Lipinski definition) is 2. The fraction of sp³-hybridized carbons (Fsp3) is 0.643. The maximum atomic E-state index is 12.7. The fourth-order valence-electron chi connectivity index (χ4n) is 3.64. The van der Waals surface area contributed by atoms with Crippen molar-refractivity contribution < 1.29 is 9.53 Å². The van der Waals surface area contributed by atoms with E-state index in [1.54, 1.807) is 6.07 Å². The third-order valence-electron chi connectivity index (χ3n) is 4.91. The first-order valence-corrected chi connectivity index (χ1v) is 7.45. The molecule has 21 heavy (non-hydrogen) atoms. The summed E-state index contributed by atoms with van der Waals surface area (Å²) in [4.78, 5) is 20.6. The molecule has 2 fully saturated rings. The average Bonchev–Trinajstić information content (AvgIpc) is 2.46. The number of nitrogens with one attached hydrogen (secondary N) is 1. The largest absolute Gasteiger partial charge is 0.377 e. The lowest BCUT2D eigenvalue weighted by molar-refractivity contribution is -0.222. The molecule has 2 aliphatic rings. The third-order valence-corrected chi connectivity index (χ3v) is 5.12. The summed E-state index contributed by atoms with van der Waals surface area (Å²) in [5, 5.41) is 2.96. The molecular formula is C14H19ClN4O2. The number of anilines is 1. The lowest BCUT2D eigenvalue weighted by atomic mass is 9.46. The Kier molecular flexibility index (Phi) is 3.43. The molecule has 7 heteroatoms. The number of nitrogens with two attached hydrogens (primary N) is 1. The van der Waals surface area contributed by atoms with Crippen LogP contribution < -0.4 is 11.1 Å². The van der Waals surface area contributed by atoms with E-state index in [0.717, 1.165) is 19.4 Å². The Morgan fingerprint density at radius 1 is 1.57 bits per heavy atom. The van der Waals surface area contributed by atoms with Gasteiger partial charge in [0, 0.05) is 24.1 Å². The van der Waals surface area contributed by atoms with Crippen molar-refractivity contribution in [1.82, 2.24) is 9.97 Å². The zero-order valence-electron chi connectivity index (χ0n) is 12.1. The van der Waals surface area contributed by atoms with E-state index in [0.29, 0.717) is 0 Å². The second kappa shape index (κ2) is 4.90. The molecule has 1 saturated heterocycles. The first-order valence-electron chi connectivity index (χ1n) is 7.08. The predicted octanol–water partition coefficient (Wildman–Crippen LogP) is 1.60. The minimum absolute atomic E-state index is 0.0282. The maximum absolute atomic E-state index is 12.7. The van der Waals surface area contributed by atoms with Crippen molar-refractivity contribution in [3.05, 3.63) is 17.4 Å². The summed E-state index contributed by atoms with van der Waals surface area (Å²) in [6, 6.07) is 1.55. The van der Waals surface area contributed by atoms with E-state index in [1.807, 2.05) is 13.8 Å². The second-order valence-electron chi connectivity index (χ2n) is 6.29. The summed E-state index contributed by atoms with van der Waals surface area (Å²) in [5.41, 5.74) is 5.07. The highest BCUT2D eigenvalue weighted by Gasteiger charge is 2.70. The normalized spacial score (nSPS) is 33.7. The predicted molar refractivity (Wildman–Crippen MR) is 78.8 cm³/mol. The van der Waals surface area contributed by atoms with Gasteiger partial charge in [-0.05, 0) is 18.9 Å². The molecule has 1 aliphatic carbocycles. The molecule has 6 nitrogen and oxygen atoms in total. The van der Waals surface area contributed by atoms with Crippen LogP contribution in [-0.2, 0) is 9.53 Å². The van der Waals surface area contributed by atoms with Crippen LogP contribution in [0.1, 0.15) is 26.7 Å². The number of aromatic nitrogens is 2. The number of rotatable bonds is 2. The van der Waals surface area contributed by atoms with Crippen LogP contribution in [0.25, 0.3) is 0 Å². The van der Waals surface area contributed by atoms with E-state index < -0.39 is 11.0 Å². The molecular weight excluding hydrogens is 292 g/mol. The Morgan fingerprint density at radius 3 is 3.05 bits per heavy atom. The molecule has 3 atom stereocenters. The minimum Gasteiger partial charge on any atom is -0.377 e. The highest BCUT2D eigenvalue weighted by molar-refractivity contribution is 6.29. The number of nitrogens with zero attached hydrogens (tertiary/aromatic N) is 2. The van der Waals surface area contributed by atoms with Gasteiger partial charge in [-0.3, -0.25) is 10.1 Å². The number of halogens is 1. The van der Waals surface area contributed by atoms with Crippen LogP contribution in [0.4, 0.5) is 5.95 Å². The topological polar surface area (TPSA) is 90.1 Å². The highest BCUT2D eigenvalue weighted by Crippen LogP contribution is 2.57. The number of amides is 1. The van der Waals surface area contributed by atoms with Gasteiger partial charge in [-0.2, -0.15) is 0 Å². The molecule has 0 radical (unpaired) electrons. The Morgan fingerprint density at radius 2 is 2.33 bits per heavy atom. The van der Waals surface area contributed by atoms with E-state index in [9.17, 15) is 4.79 Å². The monoisotopic (exact) mass is 310 g/mol. The standard InChI is InChI=1S/C14H19ClN4O2/c1-13(2)10-8(4-3-7-21-10)14(13,16)11(20)19-12-17-6-5-9(15)18-12/h5-6,8,10H,3-4,7,16H2,1-2H3,(H,17,18,19,20). The van der Waals surface area contributed by atoms with Crippen molar-refractivity contribution in [2.75, 3.05) is 11.9 Å². The summed E-state index contributed by atoms with van der Waals surface area (Å²) in [6.45, 7) is 4.68. The van der Waals surface area contributed by atoms with Crippen LogP contribution in [0, 0.1) is 11.3 Å². The van der Waals surface area contributed by atoms with Crippen LogP contribution in [0.5, 0.6) is 0 Å². The molecule has 114 valence electrons. The number of hydrogen-bond acceptors (Lipinski definition) is 5. The van der Waals surface area contributed by atoms with Crippen molar-refractivity contribution in [3.63, 3.8) is 0 Å². The van der Waals surface area contributed by atoms with Crippen molar-refractivity contribution in [2.24, 2.45) is 17.1 Å². The zero-order chi connectivity index (χ0) is 15.3. The van der Waals surface area contributed by atoms with Gasteiger partial charge in [0.25, 0.3) is 0 Å². The van der Waals surface area contributed by atoms with E-state index in [-0.39, 0.29) is 29.0 Å². The average molecular weight is 311 g/mol. The molecule has 1 aromatic rings. The Balaban J connectivity index is 1.83. The molecule has 0 bridgehead atoms. The molecule has 1 aliphatic heterocycles. The summed E-state index contributed by atoms with van der Waals surface area (Å²) in [7, 11) is 0. The summed E-state index contributed by atoms with van der Waals surface area (Å²) < 4.78 is 5.79. The number of carbonyl (C=O) groups excluding carboxylic acids is 1. The van der Waals surface area contributed by atoms with Crippen LogP contribution >= 0.6 is 11.6 Å². The van der Waals surface area contributed by atoms with Gasteiger partial charge >= 0.3 is 0 Å². The van der Waals surface area contributed by atoms with Gasteiger partial charge in [-0.1, -0.05) is 25.4 Å². The number of ether oxygens (including phenoxy) is 1. The van der Waals surface area contributed by atoms with Crippen molar-refractivity contribution >= 4 is 23.5 Å². The highest BCUT2D eigenvalue weighted by atomic mass is 35.5. The summed E-state index contributed by atoms with van der Waals surface area (Å²) in [5.74, 6) is -0.0738. The van der Waals surface area contributed by atoms with Crippen LogP contribution in [0.15, 0.2) is 12.3 Å². The second-order valence-corrected chi connectivity index (χ2v) is 6.68. The Labute approximate surface area is 128 Å². The number of carbonyl (C=O) groups is 1. The van der Waals surface area contributed by atoms with Crippen molar-refractivity contribution in [2.45, 2.75) is 38.3 Å². The van der Waals surface area contributed by atoms with E-state index in [2.05, 4.69) is 15.3 Å². The minimum atomic E-state index is -0.982. The van der Waals surface area contributed by atoms with Gasteiger partial charge in [-0.25, -0.2) is 9.97 Å². The lowest BCUT2D eigenvalue weighted by Gasteiger charge is -2.64. The first-order chi connectivity index (χ1) is 9.87. The maximum Gasteiger partial charge on any atom is 0.247 e. The van der Waals surface area contributed by atoms with Gasteiger partial charge in [0.2, 0.25) is 11.9 Å². The summed E-state index contributed by atoms with van der Waals surface area (Å²) >= 11 is 5.80. The summed E-state index contributed by atoms with van der Waals surface area (Å²) in [6.07, 6.45) is 3.35. The van der Waals surface area contributed by atoms with E-state index in [1.165, 1.54) is 6.20 Å². The number of fused-ring (bicyclic) bond motifs is 1. The van der Waals surface area contributed by atoms with Crippen LogP contribution in [0.3, 0.4) is 0 Å². The van der Waals surface area contributed by atoms with Gasteiger partial charge in [-0.15, -0.1) is 0 Å². The third kappa shape index (κ3) is 2.05. The fourth-order valence-corrected chi connectivity index (χ4v) is 3.78. The molecule has 2 heterocycles. The van der Waals surface area contributed by atoms with Gasteiger partial charge < -0.3 is 10.5 Å². The molecule has 0 aromatic carbocycles. The van der Waals surface area contributed by atoms with E-state index >= 15 is 0 Å². The molecule has 0 spiro atoms. The quantitative estimate of drug-likeness (QED) is 0.810. The van der Waals surface area contributed by atoms with E-state index in [4.69, 9.17) is 22.1 Å². The zero-order valence-corrected chi connectivity index (χ0v) is 12.9. The molecule has 1 amide bonds. The molecule has 1 saturated carbocycles. The molecule has 3 unspecified atom stereocenters. The van der Waals surface area contributed by atoms with Crippen LogP contribution in [-0.4, -0.2) is 34.1 Å². The van der Waals surface area contributed by atoms with Gasteiger partial charge in [0.05, 0.1) is 6.10 Å². The SMILES string of the molecule is CC1(C)C2OCCCC2C1(N)C(=O)Nc1nccc(Cl)n1. The lowest BCUT2D eigenvalue weighted by Crippen LogP contribution is -2.81.